The van der Waals surface area contributed by atoms with Crippen LogP contribution in [-0.4, -0.2) is 51.7 Å². The van der Waals surface area contributed by atoms with E-state index in [9.17, 15) is 9.50 Å². The van der Waals surface area contributed by atoms with Gasteiger partial charge in [-0.25, -0.2) is 9.07 Å². The minimum atomic E-state index is -0.584. The molecule has 0 saturated heterocycles. The number of hydrogen-bond donors (Lipinski definition) is 1. The van der Waals surface area contributed by atoms with Crippen LogP contribution in [0.4, 0.5) is 4.39 Å². The number of halogens is 1. The van der Waals surface area contributed by atoms with Crippen molar-refractivity contribution in [3.8, 4) is 17.3 Å². The predicted octanol–water partition coefficient (Wildman–Crippen LogP) is 5.11. The summed E-state index contributed by atoms with van der Waals surface area (Å²) in [4.78, 5) is 2.26. The first kappa shape index (κ1) is 24.4. The van der Waals surface area contributed by atoms with E-state index in [1.54, 1.807) is 22.9 Å². The standard InChI is InChI=1S/C27H34FN3O3/c1-19(2)17-33-18-23(32)15-30(21-13-14-21)16-24-20(3)29-31(22-9-5-4-6-10-22)27(24)34-26-12-8-7-11-25(26)28/h4-12,19,21,23,32H,13-18H2,1-3H3. The Bertz CT molecular complexity index is 1070. The molecule has 1 aromatic heterocycles. The van der Waals surface area contributed by atoms with Crippen molar-refractivity contribution in [2.45, 2.75) is 52.3 Å². The fraction of sp³-hybridized carbons (Fsp3) is 0.444. The Labute approximate surface area is 200 Å². The van der Waals surface area contributed by atoms with Gasteiger partial charge in [0.05, 0.1) is 29.7 Å². The summed E-state index contributed by atoms with van der Waals surface area (Å²) in [6, 6.07) is 16.5. The number of aromatic nitrogens is 2. The van der Waals surface area contributed by atoms with Crippen molar-refractivity contribution in [3.05, 3.63) is 71.7 Å². The van der Waals surface area contributed by atoms with Crippen molar-refractivity contribution >= 4 is 0 Å². The molecule has 7 heteroatoms. The molecule has 0 radical (unpaired) electrons. The average molecular weight is 468 g/mol. The highest BCUT2D eigenvalue weighted by Gasteiger charge is 2.32. The van der Waals surface area contributed by atoms with Gasteiger partial charge in [0, 0.05) is 25.7 Å². The predicted molar refractivity (Wildman–Crippen MR) is 130 cm³/mol. The summed E-state index contributed by atoms with van der Waals surface area (Å²) >= 11 is 0. The molecule has 1 atom stereocenters. The van der Waals surface area contributed by atoms with Gasteiger partial charge in [0.25, 0.3) is 0 Å². The lowest BCUT2D eigenvalue weighted by Crippen LogP contribution is -2.36. The van der Waals surface area contributed by atoms with Crippen LogP contribution in [0.15, 0.2) is 54.6 Å². The maximum absolute atomic E-state index is 14.5. The summed E-state index contributed by atoms with van der Waals surface area (Å²) in [5.74, 6) is 0.644. The molecule has 1 saturated carbocycles. The molecule has 3 aromatic rings. The number of ether oxygens (including phenoxy) is 2. The van der Waals surface area contributed by atoms with Crippen LogP contribution >= 0.6 is 0 Å². The van der Waals surface area contributed by atoms with Crippen LogP contribution in [0, 0.1) is 18.7 Å². The SMILES string of the molecule is Cc1nn(-c2ccccc2)c(Oc2ccccc2F)c1CN(CC(O)COCC(C)C)C1CC1. The Morgan fingerprint density at radius 1 is 1.09 bits per heavy atom. The van der Waals surface area contributed by atoms with Gasteiger partial charge in [-0.3, -0.25) is 4.90 Å². The van der Waals surface area contributed by atoms with Crippen LogP contribution in [0.5, 0.6) is 11.6 Å². The maximum Gasteiger partial charge on any atom is 0.227 e. The van der Waals surface area contributed by atoms with Crippen LogP contribution in [0.3, 0.4) is 0 Å². The van der Waals surface area contributed by atoms with Gasteiger partial charge in [-0.15, -0.1) is 0 Å². The summed E-state index contributed by atoms with van der Waals surface area (Å²) in [7, 11) is 0. The third-order valence-electron chi connectivity index (χ3n) is 5.81. The monoisotopic (exact) mass is 467 g/mol. The molecule has 0 aliphatic heterocycles. The summed E-state index contributed by atoms with van der Waals surface area (Å²) in [5.41, 5.74) is 2.53. The second-order valence-corrected chi connectivity index (χ2v) is 9.39. The van der Waals surface area contributed by atoms with Crippen molar-refractivity contribution in [1.29, 1.82) is 0 Å². The molecular formula is C27H34FN3O3. The Hall–Kier alpha value is -2.74. The molecule has 6 nitrogen and oxygen atoms in total. The van der Waals surface area contributed by atoms with Crippen molar-refractivity contribution in [1.82, 2.24) is 14.7 Å². The number of para-hydroxylation sites is 2. The van der Waals surface area contributed by atoms with Crippen molar-refractivity contribution in [3.63, 3.8) is 0 Å². The molecule has 1 aliphatic carbocycles. The quantitative estimate of drug-likeness (QED) is 0.401. The molecule has 0 amide bonds. The van der Waals surface area contributed by atoms with Crippen molar-refractivity contribution in [2.24, 2.45) is 5.92 Å². The van der Waals surface area contributed by atoms with Crippen LogP contribution in [0.2, 0.25) is 0 Å². The average Bonchev–Trinajstić information content (AvgIpc) is 3.61. The van der Waals surface area contributed by atoms with E-state index in [0.29, 0.717) is 44.1 Å². The summed E-state index contributed by atoms with van der Waals surface area (Å²) in [5, 5.41) is 15.4. The van der Waals surface area contributed by atoms with Crippen LogP contribution in [0.1, 0.15) is 37.9 Å². The highest BCUT2D eigenvalue weighted by Crippen LogP contribution is 2.35. The second-order valence-electron chi connectivity index (χ2n) is 9.39. The zero-order valence-corrected chi connectivity index (χ0v) is 20.2. The Morgan fingerprint density at radius 3 is 2.47 bits per heavy atom. The number of aliphatic hydroxyl groups excluding tert-OH is 1. The zero-order chi connectivity index (χ0) is 24.1. The highest BCUT2D eigenvalue weighted by atomic mass is 19.1. The first-order valence-electron chi connectivity index (χ1n) is 12.0. The molecule has 1 unspecified atom stereocenters. The topological polar surface area (TPSA) is 59.8 Å². The lowest BCUT2D eigenvalue weighted by Gasteiger charge is -2.25. The van der Waals surface area contributed by atoms with E-state index in [4.69, 9.17) is 14.6 Å². The van der Waals surface area contributed by atoms with E-state index in [1.807, 2.05) is 37.3 Å². The molecule has 0 spiro atoms. The number of rotatable bonds is 12. The maximum atomic E-state index is 14.5. The molecule has 4 rings (SSSR count). The zero-order valence-electron chi connectivity index (χ0n) is 20.2. The Kier molecular flexibility index (Phi) is 7.98. The smallest absolute Gasteiger partial charge is 0.227 e. The van der Waals surface area contributed by atoms with Gasteiger partial charge in [-0.1, -0.05) is 44.2 Å². The normalized spacial score (nSPS) is 14.7. The summed E-state index contributed by atoms with van der Waals surface area (Å²) < 4.78 is 28.0. The van der Waals surface area contributed by atoms with Gasteiger partial charge < -0.3 is 14.6 Å². The number of benzene rings is 2. The van der Waals surface area contributed by atoms with Gasteiger partial charge in [-0.2, -0.15) is 5.10 Å². The van der Waals surface area contributed by atoms with Crippen LogP contribution < -0.4 is 4.74 Å². The molecule has 0 bridgehead atoms. The fourth-order valence-corrected chi connectivity index (χ4v) is 3.95. The van der Waals surface area contributed by atoms with E-state index in [2.05, 4.69) is 18.7 Å². The van der Waals surface area contributed by atoms with Crippen molar-refractivity contribution in [2.75, 3.05) is 19.8 Å². The van der Waals surface area contributed by atoms with E-state index >= 15 is 0 Å². The number of hydrogen-bond acceptors (Lipinski definition) is 5. The Balaban J connectivity index is 1.61. The lowest BCUT2D eigenvalue weighted by molar-refractivity contribution is 0.00536. The molecule has 1 N–H and O–H groups in total. The van der Waals surface area contributed by atoms with Gasteiger partial charge in [0.2, 0.25) is 5.88 Å². The van der Waals surface area contributed by atoms with E-state index in [0.717, 1.165) is 29.8 Å². The summed E-state index contributed by atoms with van der Waals surface area (Å²) in [6.45, 7) is 8.11. The van der Waals surface area contributed by atoms with Crippen LogP contribution in [-0.2, 0) is 11.3 Å². The highest BCUT2D eigenvalue weighted by molar-refractivity contribution is 5.43. The van der Waals surface area contributed by atoms with E-state index in [-0.39, 0.29) is 5.75 Å². The number of aliphatic hydroxyl groups is 1. The van der Waals surface area contributed by atoms with E-state index in [1.165, 1.54) is 6.07 Å². The summed E-state index contributed by atoms with van der Waals surface area (Å²) in [6.07, 6.45) is 1.60. The molecule has 2 aromatic carbocycles. The minimum absolute atomic E-state index is 0.154. The molecule has 1 aliphatic rings. The Morgan fingerprint density at radius 2 is 1.79 bits per heavy atom. The fourth-order valence-electron chi connectivity index (χ4n) is 3.95. The molecule has 182 valence electrons. The minimum Gasteiger partial charge on any atom is -0.435 e. The molecule has 1 heterocycles. The number of nitrogens with zero attached hydrogens (tertiary/aromatic N) is 3. The van der Waals surface area contributed by atoms with Gasteiger partial charge in [0.1, 0.15) is 0 Å². The van der Waals surface area contributed by atoms with Gasteiger partial charge in [-0.05, 0) is 49.9 Å². The van der Waals surface area contributed by atoms with Gasteiger partial charge in [0.15, 0.2) is 11.6 Å². The van der Waals surface area contributed by atoms with Crippen LogP contribution in [0.25, 0.3) is 5.69 Å². The largest absolute Gasteiger partial charge is 0.435 e. The molecule has 34 heavy (non-hydrogen) atoms. The molecule has 1 fully saturated rings. The molecular weight excluding hydrogens is 433 g/mol. The van der Waals surface area contributed by atoms with Gasteiger partial charge >= 0.3 is 0 Å². The second kappa shape index (κ2) is 11.1. The third kappa shape index (κ3) is 6.23. The number of aryl methyl sites for hydroxylation is 1. The van der Waals surface area contributed by atoms with Crippen molar-refractivity contribution < 1.29 is 19.0 Å². The lowest BCUT2D eigenvalue weighted by atomic mass is 10.2. The first-order chi connectivity index (χ1) is 16.4. The van der Waals surface area contributed by atoms with E-state index < -0.39 is 11.9 Å². The first-order valence-corrected chi connectivity index (χ1v) is 12.0. The third-order valence-corrected chi connectivity index (χ3v) is 5.81.